The minimum absolute atomic E-state index is 0. The summed E-state index contributed by atoms with van der Waals surface area (Å²) in [5, 5.41) is 5.55. The van der Waals surface area contributed by atoms with Crippen molar-refractivity contribution in [2.24, 2.45) is 5.41 Å². The first-order chi connectivity index (χ1) is 28.0. The molecule has 0 bridgehead atoms. The van der Waals surface area contributed by atoms with Gasteiger partial charge in [-0.2, -0.15) is 0 Å². The van der Waals surface area contributed by atoms with Crippen LogP contribution in [0.4, 0.5) is 43.2 Å². The van der Waals surface area contributed by atoms with Crippen molar-refractivity contribution in [3.63, 3.8) is 0 Å². The summed E-state index contributed by atoms with van der Waals surface area (Å²) < 4.78 is 139. The Morgan fingerprint density at radius 1 is 0.344 bits per heavy atom. The molecule has 1 aliphatic carbocycles. The number of hydrogen-bond donors (Lipinski definition) is 0. The molecule has 0 saturated heterocycles. The molecule has 0 nitrogen and oxygen atoms in total. The molecule has 7 rings (SSSR count). The summed E-state index contributed by atoms with van der Waals surface area (Å²) in [6.07, 6.45) is 11.4. The van der Waals surface area contributed by atoms with Crippen molar-refractivity contribution >= 4 is 67.1 Å². The Bertz CT molecular complexity index is 1940. The van der Waals surface area contributed by atoms with E-state index in [1.165, 1.54) is 85.6 Å². The van der Waals surface area contributed by atoms with Crippen LogP contribution in [0.2, 0.25) is 0 Å². The van der Waals surface area contributed by atoms with Gasteiger partial charge in [0.25, 0.3) is 0 Å². The van der Waals surface area contributed by atoms with Gasteiger partial charge in [0.05, 0.1) is 0 Å². The largest absolute Gasteiger partial charge is 0 e. The van der Waals surface area contributed by atoms with Gasteiger partial charge in [0.2, 0.25) is 0 Å². The van der Waals surface area contributed by atoms with Crippen molar-refractivity contribution in [3.05, 3.63) is 205 Å². The van der Waals surface area contributed by atoms with Crippen LogP contribution in [-0.4, -0.2) is 19.5 Å². The molecule has 0 spiro atoms. The Morgan fingerprint density at radius 2 is 0.492 bits per heavy atom. The molecule has 0 heterocycles. The van der Waals surface area contributed by atoms with Crippen molar-refractivity contribution < 1.29 is 63.3 Å². The summed E-state index contributed by atoms with van der Waals surface area (Å²) in [5.74, 6) is -1.85. The molecule has 0 amide bonds. The number of rotatable bonds is 8. The maximum absolute atomic E-state index is 13.2. The van der Waals surface area contributed by atoms with Gasteiger partial charge >= 0.3 is 36.4 Å². The first-order valence-corrected chi connectivity index (χ1v) is 26.6. The maximum Gasteiger partial charge on any atom is 0 e. The third-order valence-electron chi connectivity index (χ3n) is 8.79. The van der Waals surface area contributed by atoms with Crippen LogP contribution in [0.15, 0.2) is 170 Å². The first kappa shape index (κ1) is 51.6. The molecule has 0 N–H and O–H groups in total. The number of hydrogen-bond acceptors (Lipinski definition) is 0. The molecule has 16 heteroatoms. The van der Waals surface area contributed by atoms with E-state index < -0.39 is 35.3 Å². The molecule has 61 heavy (non-hydrogen) atoms. The van der Waals surface area contributed by atoms with Gasteiger partial charge in [-0.05, 0) is 133 Å². The smallest absolute Gasteiger partial charge is 0 e. The first-order valence-electron chi connectivity index (χ1n) is 18.1. The van der Waals surface area contributed by atoms with Crippen LogP contribution in [-0.2, 0) is 20.1 Å². The monoisotopic (exact) mass is 1180 g/mol. The third-order valence-corrected chi connectivity index (χ3v) is 13.7. The van der Waals surface area contributed by atoms with E-state index in [2.05, 4.69) is 38.2 Å². The van der Waals surface area contributed by atoms with Crippen LogP contribution in [0.5, 0.6) is 0 Å². The fourth-order valence-electron chi connectivity index (χ4n) is 5.71. The quantitative estimate of drug-likeness (QED) is 0.0809. The second kappa shape index (κ2) is 21.6. The van der Waals surface area contributed by atoms with E-state index >= 15 is 0 Å². The zero-order valence-corrected chi connectivity index (χ0v) is 39.0. The van der Waals surface area contributed by atoms with Crippen LogP contribution in [0, 0.1) is 40.3 Å². The fourth-order valence-corrected chi connectivity index (χ4v) is 10.2. The SMILES string of the molecule is CCC1(CC)C=CC=C1.Fc1ccc(P(c2ccc(F)cc2)c2ccc(F)cc2)cc1.Fc1ccc(P(c2ccc(F)cc2)c2ccc(F)cc2)cc1.[F][Sb-]([F])([F])([F])([F])[F].[Ir]. The Labute approximate surface area is 365 Å². The summed E-state index contributed by atoms with van der Waals surface area (Å²) in [6.45, 7) is 4.48. The van der Waals surface area contributed by atoms with E-state index in [4.69, 9.17) is 0 Å². The van der Waals surface area contributed by atoms with Crippen molar-refractivity contribution in [3.8, 4) is 0 Å². The van der Waals surface area contributed by atoms with Gasteiger partial charge in [0, 0.05) is 25.5 Å². The van der Waals surface area contributed by atoms with E-state index in [9.17, 15) is 43.2 Å². The van der Waals surface area contributed by atoms with Crippen molar-refractivity contribution in [2.45, 2.75) is 26.7 Å². The van der Waals surface area contributed by atoms with E-state index in [1.54, 1.807) is 72.8 Å². The summed E-state index contributed by atoms with van der Waals surface area (Å²) in [5.41, 5.74) is 0.417. The summed E-state index contributed by atoms with van der Waals surface area (Å²) in [4.78, 5) is 0. The molecule has 6 aromatic rings. The van der Waals surface area contributed by atoms with Crippen LogP contribution in [0.25, 0.3) is 0 Å². The fraction of sp³-hybridized carbons (Fsp3) is 0.111. The summed E-state index contributed by atoms with van der Waals surface area (Å²) >= 11 is -11.2. The molecule has 6 aromatic carbocycles. The second-order valence-corrected chi connectivity index (χ2v) is 23.1. The standard InChI is InChI=1S/2C18H12F3P.C9H14.6FH.Ir.Sb/c2*19-13-1-7-16(8-2-13)22(17-9-3-14(20)4-10-17)18-11-5-15(21)6-12-18;1-3-9(4-2)7-5-6-8-9;;;;;;;;/h2*1-12H;5-8H,3-4H2,1-2H3;6*1H;;/q;;;;;;;;;;+5/p-6. The van der Waals surface area contributed by atoms with Gasteiger partial charge in [-0.15, -0.1) is 0 Å². The van der Waals surface area contributed by atoms with Gasteiger partial charge in [0.1, 0.15) is 34.9 Å². The zero-order valence-electron chi connectivity index (χ0n) is 32.3. The molecule has 1 radical (unpaired) electrons. The van der Waals surface area contributed by atoms with Gasteiger partial charge in [-0.1, -0.05) is 111 Å². The average molecular weight is 1180 g/mol. The maximum atomic E-state index is 13.2. The van der Waals surface area contributed by atoms with Crippen molar-refractivity contribution in [1.29, 1.82) is 0 Å². The van der Waals surface area contributed by atoms with E-state index in [0.29, 0.717) is 5.41 Å². The van der Waals surface area contributed by atoms with Crippen molar-refractivity contribution in [1.82, 2.24) is 0 Å². The molecular formula is C45H38F12IrP2Sb-. The molecule has 0 saturated carbocycles. The number of benzene rings is 6. The predicted molar refractivity (Wildman–Crippen MR) is 224 cm³/mol. The number of allylic oxidation sites excluding steroid dienone is 4. The van der Waals surface area contributed by atoms with Gasteiger partial charge in [-0.25, -0.2) is 26.3 Å². The van der Waals surface area contributed by atoms with E-state index in [0.717, 1.165) is 31.8 Å². The molecular weight excluding hydrogens is 1140 g/mol. The minimum atomic E-state index is -11.2. The Balaban J connectivity index is 0.000000239. The molecule has 1 aliphatic rings. The van der Waals surface area contributed by atoms with Crippen LogP contribution < -0.4 is 31.8 Å². The number of halogens is 12. The van der Waals surface area contributed by atoms with E-state index in [1.807, 2.05) is 0 Å². The molecule has 0 aliphatic heterocycles. The predicted octanol–water partition coefficient (Wildman–Crippen LogP) is 12.8. The molecule has 0 unspecified atom stereocenters. The third kappa shape index (κ3) is 18.3. The molecule has 327 valence electrons. The van der Waals surface area contributed by atoms with Crippen LogP contribution >= 0.6 is 15.8 Å². The van der Waals surface area contributed by atoms with E-state index in [-0.39, 0.29) is 55.0 Å². The minimum Gasteiger partial charge on any atom is 0 e. The van der Waals surface area contributed by atoms with Crippen LogP contribution in [0.3, 0.4) is 0 Å². The molecule has 0 fully saturated rings. The Kier molecular flexibility index (Phi) is 18.3. The van der Waals surface area contributed by atoms with Gasteiger partial charge in [0.15, 0.2) is 0 Å². The zero-order chi connectivity index (χ0) is 44.2. The average Bonchev–Trinajstić information content (AvgIpc) is 3.69. The molecule has 0 atom stereocenters. The molecule has 0 aromatic heterocycles. The topological polar surface area (TPSA) is 0 Å². The van der Waals surface area contributed by atoms with Crippen molar-refractivity contribution in [2.75, 3.05) is 0 Å². The van der Waals surface area contributed by atoms with Gasteiger partial charge in [-0.3, -0.25) is 0 Å². The normalized spacial score (nSPS) is 13.6. The summed E-state index contributed by atoms with van der Waals surface area (Å²) in [6, 6.07) is 37.4. The second-order valence-electron chi connectivity index (χ2n) is 13.1. The van der Waals surface area contributed by atoms with Gasteiger partial charge < -0.3 is 0 Å². The summed E-state index contributed by atoms with van der Waals surface area (Å²) in [7, 11) is -1.97. The Hall–Kier alpha value is -3.71. The Morgan fingerprint density at radius 3 is 0.607 bits per heavy atom. The van der Waals surface area contributed by atoms with Crippen LogP contribution in [0.1, 0.15) is 26.7 Å².